The average molecular weight is 397 g/mol. The number of nitrogens with two attached hydrogens (primary N) is 1. The molecule has 3 N–H and O–H groups in total. The molecule has 4 aromatic rings. The van der Waals surface area contributed by atoms with Gasteiger partial charge in [-0.25, -0.2) is 13.5 Å². The van der Waals surface area contributed by atoms with E-state index in [2.05, 4.69) is 10.3 Å². The summed E-state index contributed by atoms with van der Waals surface area (Å²) in [5.41, 5.74) is 7.67. The molecular formula is C21H21F2N5O. The van der Waals surface area contributed by atoms with Crippen molar-refractivity contribution in [2.45, 2.75) is 32.9 Å². The Hall–Kier alpha value is -3.26. The zero-order valence-corrected chi connectivity index (χ0v) is 16.3. The molecule has 0 radical (unpaired) electrons. The largest absolute Gasteiger partial charge is 0.494 e. The first-order chi connectivity index (χ1) is 13.6. The summed E-state index contributed by atoms with van der Waals surface area (Å²) in [6, 6.07) is 8.82. The molecule has 8 heteroatoms. The Balaban J connectivity index is 1.76. The third-order valence-electron chi connectivity index (χ3n) is 4.74. The predicted molar refractivity (Wildman–Crippen MR) is 107 cm³/mol. The van der Waals surface area contributed by atoms with Gasteiger partial charge in [0.2, 0.25) is 0 Å². The average Bonchev–Trinajstić information content (AvgIpc) is 3.14. The molecule has 4 rings (SSSR count). The number of benzene rings is 2. The minimum atomic E-state index is -0.716. The monoisotopic (exact) mass is 397 g/mol. The highest BCUT2D eigenvalue weighted by molar-refractivity contribution is 5.91. The lowest BCUT2D eigenvalue weighted by Gasteiger charge is -2.19. The van der Waals surface area contributed by atoms with Crippen LogP contribution in [0.5, 0.6) is 5.88 Å². The number of fused-ring (bicyclic) bond motifs is 1. The standard InChI is InChI=1S/C21H21F2N5O/c1-12-19(25-26-28(12)18-7-5-15(22)9-17(18)23)13-4-6-16-14(8-13)10-27(20(16)29)11-21(2,3)24/h4-10,29H,11,24H2,1-3H3. The van der Waals surface area contributed by atoms with Crippen molar-refractivity contribution < 1.29 is 13.9 Å². The van der Waals surface area contributed by atoms with Gasteiger partial charge in [-0.3, -0.25) is 0 Å². The molecule has 150 valence electrons. The van der Waals surface area contributed by atoms with Gasteiger partial charge in [0, 0.05) is 40.7 Å². The molecule has 0 bridgehead atoms. The minimum Gasteiger partial charge on any atom is -0.494 e. The Labute approximate surface area is 166 Å². The topological polar surface area (TPSA) is 81.9 Å². The van der Waals surface area contributed by atoms with Gasteiger partial charge in [-0.15, -0.1) is 5.10 Å². The van der Waals surface area contributed by atoms with Crippen LogP contribution in [0.25, 0.3) is 27.7 Å². The summed E-state index contributed by atoms with van der Waals surface area (Å²) in [6.07, 6.45) is 1.84. The maximum Gasteiger partial charge on any atom is 0.199 e. The van der Waals surface area contributed by atoms with Gasteiger partial charge >= 0.3 is 0 Å². The maximum absolute atomic E-state index is 14.1. The highest BCUT2D eigenvalue weighted by atomic mass is 19.1. The molecule has 0 spiro atoms. The van der Waals surface area contributed by atoms with Crippen LogP contribution in [0.3, 0.4) is 0 Å². The first-order valence-corrected chi connectivity index (χ1v) is 9.13. The van der Waals surface area contributed by atoms with Gasteiger partial charge in [-0.05, 0) is 45.0 Å². The molecule has 29 heavy (non-hydrogen) atoms. The van der Waals surface area contributed by atoms with Crippen molar-refractivity contribution in [1.82, 2.24) is 19.6 Å². The lowest BCUT2D eigenvalue weighted by molar-refractivity contribution is 0.371. The number of rotatable bonds is 4. The van der Waals surface area contributed by atoms with E-state index in [1.54, 1.807) is 17.6 Å². The van der Waals surface area contributed by atoms with Crippen molar-refractivity contribution in [3.05, 3.63) is 59.9 Å². The molecule has 2 heterocycles. The van der Waals surface area contributed by atoms with Crippen LogP contribution in [-0.2, 0) is 6.54 Å². The first-order valence-electron chi connectivity index (χ1n) is 9.13. The third-order valence-corrected chi connectivity index (χ3v) is 4.74. The zero-order chi connectivity index (χ0) is 20.9. The second kappa shape index (κ2) is 6.66. The molecule has 6 nitrogen and oxygen atoms in total. The highest BCUT2D eigenvalue weighted by Gasteiger charge is 2.19. The van der Waals surface area contributed by atoms with Gasteiger partial charge in [0.15, 0.2) is 11.7 Å². The smallest absolute Gasteiger partial charge is 0.199 e. The second-order valence-corrected chi connectivity index (χ2v) is 7.90. The van der Waals surface area contributed by atoms with Gasteiger partial charge in [-0.1, -0.05) is 11.3 Å². The van der Waals surface area contributed by atoms with Gasteiger partial charge in [0.05, 0.1) is 5.69 Å². The van der Waals surface area contributed by atoms with Crippen LogP contribution >= 0.6 is 0 Å². The van der Waals surface area contributed by atoms with Crippen LogP contribution in [-0.4, -0.2) is 30.2 Å². The van der Waals surface area contributed by atoms with Gasteiger partial charge in [-0.2, -0.15) is 0 Å². The fourth-order valence-electron chi connectivity index (χ4n) is 3.44. The molecule has 0 saturated heterocycles. The number of hydrogen-bond acceptors (Lipinski definition) is 4. The van der Waals surface area contributed by atoms with Crippen molar-refractivity contribution in [2.24, 2.45) is 5.73 Å². The van der Waals surface area contributed by atoms with E-state index < -0.39 is 17.2 Å². The highest BCUT2D eigenvalue weighted by Crippen LogP contribution is 2.32. The van der Waals surface area contributed by atoms with E-state index >= 15 is 0 Å². The zero-order valence-electron chi connectivity index (χ0n) is 16.3. The number of halogens is 2. The van der Waals surface area contributed by atoms with E-state index in [1.165, 1.54) is 16.8 Å². The molecule has 0 atom stereocenters. The number of nitrogens with zero attached hydrogens (tertiary/aromatic N) is 4. The molecule has 0 aliphatic carbocycles. The Bertz CT molecular complexity index is 1220. The number of hydrogen-bond donors (Lipinski definition) is 2. The molecule has 0 aliphatic heterocycles. The van der Waals surface area contributed by atoms with E-state index in [4.69, 9.17) is 5.73 Å². The van der Waals surface area contributed by atoms with Crippen molar-refractivity contribution in [2.75, 3.05) is 0 Å². The second-order valence-electron chi connectivity index (χ2n) is 7.90. The van der Waals surface area contributed by atoms with Crippen LogP contribution in [0, 0.1) is 18.6 Å². The van der Waals surface area contributed by atoms with Gasteiger partial charge < -0.3 is 15.4 Å². The quantitative estimate of drug-likeness (QED) is 0.547. The van der Waals surface area contributed by atoms with E-state index in [-0.39, 0.29) is 11.6 Å². The normalized spacial score (nSPS) is 12.1. The van der Waals surface area contributed by atoms with E-state index in [0.29, 0.717) is 23.3 Å². The third kappa shape index (κ3) is 3.47. The van der Waals surface area contributed by atoms with Crippen molar-refractivity contribution in [1.29, 1.82) is 0 Å². The fraction of sp³-hybridized carbons (Fsp3) is 0.238. The molecular weight excluding hydrogens is 376 g/mol. The Kier molecular flexibility index (Phi) is 4.38. The van der Waals surface area contributed by atoms with Crippen LogP contribution in [0.15, 0.2) is 42.6 Å². The fourth-order valence-corrected chi connectivity index (χ4v) is 3.44. The van der Waals surface area contributed by atoms with E-state index in [1.807, 2.05) is 32.2 Å². The SMILES string of the molecule is Cc1c(-c2ccc3c(O)n(CC(C)(C)N)cc3c2)nnn1-c1ccc(F)cc1F. The van der Waals surface area contributed by atoms with Crippen LogP contribution in [0.1, 0.15) is 19.5 Å². The van der Waals surface area contributed by atoms with Crippen molar-refractivity contribution >= 4 is 10.8 Å². The Morgan fingerprint density at radius 3 is 2.59 bits per heavy atom. The van der Waals surface area contributed by atoms with E-state index in [9.17, 15) is 13.9 Å². The molecule has 0 fully saturated rings. The van der Waals surface area contributed by atoms with Crippen LogP contribution < -0.4 is 5.73 Å². The summed E-state index contributed by atoms with van der Waals surface area (Å²) in [6.45, 7) is 6.00. The summed E-state index contributed by atoms with van der Waals surface area (Å²) in [4.78, 5) is 0. The van der Waals surface area contributed by atoms with Gasteiger partial charge in [0.1, 0.15) is 17.2 Å². The van der Waals surface area contributed by atoms with Crippen molar-refractivity contribution in [3.63, 3.8) is 0 Å². The number of aromatic nitrogens is 4. The van der Waals surface area contributed by atoms with Gasteiger partial charge in [0.25, 0.3) is 0 Å². The first kappa shape index (κ1) is 19.1. The molecule has 2 aromatic carbocycles. The Morgan fingerprint density at radius 2 is 1.90 bits per heavy atom. The lowest BCUT2D eigenvalue weighted by atomic mass is 10.1. The molecule has 0 saturated carbocycles. The predicted octanol–water partition coefficient (Wildman–Crippen LogP) is 3.92. The lowest BCUT2D eigenvalue weighted by Crippen LogP contribution is -2.36. The van der Waals surface area contributed by atoms with Crippen LogP contribution in [0.2, 0.25) is 0 Å². The minimum absolute atomic E-state index is 0.123. The maximum atomic E-state index is 14.1. The molecule has 0 unspecified atom stereocenters. The molecule has 2 aromatic heterocycles. The summed E-state index contributed by atoms with van der Waals surface area (Å²) < 4.78 is 30.4. The summed E-state index contributed by atoms with van der Waals surface area (Å²) in [5, 5.41) is 20.2. The Morgan fingerprint density at radius 1 is 1.14 bits per heavy atom. The summed E-state index contributed by atoms with van der Waals surface area (Å²) >= 11 is 0. The summed E-state index contributed by atoms with van der Waals surface area (Å²) in [7, 11) is 0. The number of aromatic hydroxyl groups is 1. The van der Waals surface area contributed by atoms with Crippen LogP contribution in [0.4, 0.5) is 8.78 Å². The summed E-state index contributed by atoms with van der Waals surface area (Å²) in [5.74, 6) is -1.22. The van der Waals surface area contributed by atoms with E-state index in [0.717, 1.165) is 17.0 Å². The molecule has 0 aliphatic rings. The van der Waals surface area contributed by atoms with Crippen molar-refractivity contribution in [3.8, 4) is 22.8 Å². The molecule has 0 amide bonds.